The van der Waals surface area contributed by atoms with Crippen molar-refractivity contribution >= 4 is 19.7 Å². The summed E-state index contributed by atoms with van der Waals surface area (Å²) in [5.41, 5.74) is 2.13. The topological polar surface area (TPSA) is 68.3 Å². The van der Waals surface area contributed by atoms with Crippen molar-refractivity contribution in [3.8, 4) is 0 Å². The van der Waals surface area contributed by atoms with Gasteiger partial charge in [-0.2, -0.15) is 0 Å². The van der Waals surface area contributed by atoms with Gasteiger partial charge in [-0.15, -0.1) is 0 Å². The van der Waals surface area contributed by atoms with Crippen LogP contribution in [0.25, 0.3) is 0 Å². The third kappa shape index (κ3) is 4.19. The highest BCUT2D eigenvalue weighted by Gasteiger charge is 2.51. The fourth-order valence-electron chi connectivity index (χ4n) is 4.12. The van der Waals surface area contributed by atoms with Crippen LogP contribution in [0.4, 0.5) is 0 Å². The van der Waals surface area contributed by atoms with E-state index in [0.717, 1.165) is 18.4 Å². The first-order valence-corrected chi connectivity index (χ1v) is 13.2. The van der Waals surface area contributed by atoms with Crippen LogP contribution in [0, 0.1) is 6.92 Å². The van der Waals surface area contributed by atoms with E-state index in [1.54, 1.807) is 36.4 Å². The highest BCUT2D eigenvalue weighted by Crippen LogP contribution is 2.49. The summed E-state index contributed by atoms with van der Waals surface area (Å²) in [7, 11) is -7.29. The Kier molecular flexibility index (Phi) is 6.34. The van der Waals surface area contributed by atoms with Gasteiger partial charge in [-0.05, 0) is 55.9 Å². The Hall–Kier alpha value is -1.92. The minimum absolute atomic E-state index is 0.0793. The molecular weight excluding hydrogens is 404 g/mol. The zero-order valence-electron chi connectivity index (χ0n) is 17.0. The van der Waals surface area contributed by atoms with Crippen LogP contribution in [0.2, 0.25) is 0 Å². The Morgan fingerprint density at radius 3 is 2.28 bits per heavy atom. The van der Waals surface area contributed by atoms with Crippen molar-refractivity contribution < 1.29 is 16.8 Å². The molecule has 0 spiro atoms. The number of aryl methyl sites for hydroxylation is 1. The van der Waals surface area contributed by atoms with Gasteiger partial charge in [-0.3, -0.25) is 0 Å². The lowest BCUT2D eigenvalue weighted by Crippen LogP contribution is -2.34. The van der Waals surface area contributed by atoms with E-state index in [4.69, 9.17) is 0 Å². The maximum atomic E-state index is 13.3. The summed E-state index contributed by atoms with van der Waals surface area (Å²) in [6, 6.07) is 15.8. The summed E-state index contributed by atoms with van der Waals surface area (Å²) in [5.74, 6) is 0.0793. The predicted octanol–water partition coefficient (Wildman–Crippen LogP) is 4.95. The van der Waals surface area contributed by atoms with Gasteiger partial charge in [0, 0.05) is 5.41 Å². The molecule has 0 aliphatic carbocycles. The summed E-state index contributed by atoms with van der Waals surface area (Å²) in [5, 5.41) is 1.24. The largest absolute Gasteiger partial charge is 0.228 e. The maximum Gasteiger partial charge on any atom is 0.199 e. The molecule has 3 rings (SSSR count). The van der Waals surface area contributed by atoms with E-state index in [1.807, 2.05) is 32.0 Å². The lowest BCUT2D eigenvalue weighted by atomic mass is 9.85. The van der Waals surface area contributed by atoms with Crippen LogP contribution >= 0.6 is 0 Å². The van der Waals surface area contributed by atoms with Crippen molar-refractivity contribution in [2.75, 3.05) is 5.75 Å². The highest BCUT2D eigenvalue weighted by molar-refractivity contribution is 7.94. The fourth-order valence-corrected chi connectivity index (χ4v) is 7.93. The summed E-state index contributed by atoms with van der Waals surface area (Å²) >= 11 is 0. The van der Waals surface area contributed by atoms with Crippen molar-refractivity contribution in [2.24, 2.45) is 0 Å². The van der Waals surface area contributed by atoms with Gasteiger partial charge in [-0.25, -0.2) is 16.8 Å². The molecule has 1 aliphatic rings. The number of hydrogen-bond acceptors (Lipinski definition) is 4. The molecule has 6 heteroatoms. The van der Waals surface area contributed by atoms with Crippen LogP contribution in [0.15, 0.2) is 70.5 Å². The number of benzene rings is 2. The summed E-state index contributed by atoms with van der Waals surface area (Å²) in [6.07, 6.45) is 2.98. The molecule has 0 saturated carbocycles. The first-order chi connectivity index (χ1) is 13.7. The molecule has 1 atom stereocenters. The van der Waals surface area contributed by atoms with Gasteiger partial charge in [0.1, 0.15) is 4.75 Å². The number of hydrogen-bond donors (Lipinski definition) is 0. The molecule has 0 amide bonds. The van der Waals surface area contributed by atoms with E-state index in [1.165, 1.54) is 5.41 Å². The van der Waals surface area contributed by atoms with Crippen molar-refractivity contribution in [2.45, 2.75) is 55.6 Å². The fraction of sp³-hybridized carbons (Fsp3) is 0.391. The first-order valence-electron chi connectivity index (χ1n) is 10.0. The molecule has 1 fully saturated rings. The predicted molar refractivity (Wildman–Crippen MR) is 117 cm³/mol. The Labute approximate surface area is 174 Å². The average molecular weight is 433 g/mol. The molecular formula is C23H28O4S2. The van der Waals surface area contributed by atoms with Gasteiger partial charge in [0.25, 0.3) is 0 Å². The summed E-state index contributed by atoms with van der Waals surface area (Å²) in [6.45, 7) is 3.92. The number of rotatable bonds is 7. The van der Waals surface area contributed by atoms with Gasteiger partial charge in [-0.1, -0.05) is 61.4 Å². The molecule has 2 aromatic rings. The van der Waals surface area contributed by atoms with Crippen LogP contribution in [0.5, 0.6) is 0 Å². The van der Waals surface area contributed by atoms with Gasteiger partial charge in [0.15, 0.2) is 19.7 Å². The van der Waals surface area contributed by atoms with E-state index in [0.29, 0.717) is 30.4 Å². The van der Waals surface area contributed by atoms with Gasteiger partial charge < -0.3 is 0 Å². The molecule has 4 nitrogen and oxygen atoms in total. The Morgan fingerprint density at radius 2 is 1.72 bits per heavy atom. The molecule has 1 heterocycles. The smallest absolute Gasteiger partial charge is 0.199 e. The van der Waals surface area contributed by atoms with Crippen molar-refractivity contribution in [3.63, 3.8) is 0 Å². The molecule has 1 aliphatic heterocycles. The van der Waals surface area contributed by atoms with Gasteiger partial charge in [0.05, 0.1) is 10.6 Å². The standard InChI is InChI=1S/C23H28O4S2/c1-3-4-9-21(18-28(24,25)22-14-12-19(2)13-15-22)23(16-8-17-29(23,26)27)20-10-6-5-7-11-20/h5-7,10-15,18H,3-4,8-9,16-17H2,1-2H3. The first kappa shape index (κ1) is 21.8. The van der Waals surface area contributed by atoms with Crippen LogP contribution in [-0.2, 0) is 24.4 Å². The van der Waals surface area contributed by atoms with Crippen LogP contribution in [-0.4, -0.2) is 22.6 Å². The van der Waals surface area contributed by atoms with E-state index in [2.05, 4.69) is 0 Å². The van der Waals surface area contributed by atoms with E-state index >= 15 is 0 Å². The molecule has 0 N–H and O–H groups in total. The van der Waals surface area contributed by atoms with E-state index < -0.39 is 24.4 Å². The van der Waals surface area contributed by atoms with Crippen LogP contribution in [0.1, 0.15) is 50.2 Å². The van der Waals surface area contributed by atoms with Crippen LogP contribution < -0.4 is 0 Å². The lowest BCUT2D eigenvalue weighted by Gasteiger charge is -2.32. The zero-order valence-corrected chi connectivity index (χ0v) is 18.6. The maximum absolute atomic E-state index is 13.3. The summed E-state index contributed by atoms with van der Waals surface area (Å²) < 4.78 is 51.8. The molecule has 2 aromatic carbocycles. The summed E-state index contributed by atoms with van der Waals surface area (Å²) in [4.78, 5) is 0.190. The molecule has 0 aromatic heterocycles. The minimum Gasteiger partial charge on any atom is -0.228 e. The van der Waals surface area contributed by atoms with Crippen molar-refractivity contribution in [1.29, 1.82) is 0 Å². The van der Waals surface area contributed by atoms with Crippen molar-refractivity contribution in [3.05, 3.63) is 76.7 Å². The molecule has 1 unspecified atom stereocenters. The Bertz CT molecular complexity index is 1080. The highest BCUT2D eigenvalue weighted by atomic mass is 32.2. The second kappa shape index (κ2) is 8.44. The van der Waals surface area contributed by atoms with Gasteiger partial charge >= 0.3 is 0 Å². The van der Waals surface area contributed by atoms with E-state index in [-0.39, 0.29) is 10.6 Å². The Morgan fingerprint density at radius 1 is 1.07 bits per heavy atom. The lowest BCUT2D eigenvalue weighted by molar-refractivity contribution is 0.548. The quantitative estimate of drug-likeness (QED) is 0.621. The number of unbranched alkanes of at least 4 members (excludes halogenated alkanes) is 1. The zero-order chi connectivity index (χ0) is 21.1. The molecule has 0 radical (unpaired) electrons. The third-order valence-electron chi connectivity index (χ3n) is 5.68. The van der Waals surface area contributed by atoms with E-state index in [9.17, 15) is 16.8 Å². The van der Waals surface area contributed by atoms with Gasteiger partial charge in [0.2, 0.25) is 0 Å². The third-order valence-corrected chi connectivity index (χ3v) is 9.79. The SMILES string of the molecule is CCCCC(=CS(=O)(=O)c1ccc(C)cc1)C1(c2ccccc2)CCCS1(=O)=O. The van der Waals surface area contributed by atoms with Crippen molar-refractivity contribution in [1.82, 2.24) is 0 Å². The normalized spacial score (nSPS) is 21.9. The van der Waals surface area contributed by atoms with Crippen LogP contribution in [0.3, 0.4) is 0 Å². The second-order valence-corrected chi connectivity index (χ2v) is 11.9. The monoisotopic (exact) mass is 432 g/mol. The molecule has 0 bridgehead atoms. The molecule has 29 heavy (non-hydrogen) atoms. The minimum atomic E-state index is -3.77. The molecule has 156 valence electrons. The average Bonchev–Trinajstić information content (AvgIpc) is 3.01. The Balaban J connectivity index is 2.23. The molecule has 1 saturated heterocycles. The number of sulfone groups is 2. The second-order valence-electron chi connectivity index (χ2n) is 7.72.